The van der Waals surface area contributed by atoms with Crippen molar-refractivity contribution in [2.45, 2.75) is 19.8 Å². The van der Waals surface area contributed by atoms with Crippen molar-refractivity contribution >= 4 is 29.9 Å². The van der Waals surface area contributed by atoms with Crippen LogP contribution in [0.3, 0.4) is 0 Å². The lowest BCUT2D eigenvalue weighted by Gasteiger charge is -2.22. The number of unbranched alkanes of at least 4 members (excludes halogenated alkanes) is 1. The molecule has 0 aliphatic carbocycles. The Morgan fingerprint density at radius 3 is 2.37 bits per heavy atom. The SMILES string of the molecule is CCCCOCCOCCNC(=NC)N(C)CCOc1ccc(F)cc1.I. The molecule has 156 valence electrons. The van der Waals surface area contributed by atoms with E-state index in [1.807, 2.05) is 11.9 Å². The van der Waals surface area contributed by atoms with Gasteiger partial charge in [-0.3, -0.25) is 4.99 Å². The van der Waals surface area contributed by atoms with Crippen molar-refractivity contribution in [2.24, 2.45) is 4.99 Å². The van der Waals surface area contributed by atoms with Gasteiger partial charge in [-0.05, 0) is 30.7 Å². The van der Waals surface area contributed by atoms with Crippen LogP contribution in [0.25, 0.3) is 0 Å². The number of halogens is 2. The van der Waals surface area contributed by atoms with E-state index in [1.54, 1.807) is 19.2 Å². The van der Waals surface area contributed by atoms with E-state index in [2.05, 4.69) is 17.2 Å². The second-order valence-electron chi connectivity index (χ2n) is 5.78. The number of hydrogen-bond donors (Lipinski definition) is 1. The summed E-state index contributed by atoms with van der Waals surface area (Å²) in [7, 11) is 3.67. The number of likely N-dealkylation sites (N-methyl/N-ethyl adjacent to an activating group) is 1. The van der Waals surface area contributed by atoms with Gasteiger partial charge in [0, 0.05) is 27.2 Å². The fraction of sp³-hybridized carbons (Fsp3) is 0.632. The lowest BCUT2D eigenvalue weighted by Crippen LogP contribution is -2.42. The molecule has 0 spiro atoms. The molecule has 0 atom stereocenters. The van der Waals surface area contributed by atoms with E-state index in [9.17, 15) is 4.39 Å². The molecular weight excluding hydrogens is 464 g/mol. The molecular formula is C19H33FIN3O3. The summed E-state index contributed by atoms with van der Waals surface area (Å²) in [6.07, 6.45) is 2.24. The van der Waals surface area contributed by atoms with Gasteiger partial charge in [-0.15, -0.1) is 24.0 Å². The molecule has 8 heteroatoms. The van der Waals surface area contributed by atoms with Crippen molar-refractivity contribution in [3.8, 4) is 5.75 Å². The molecule has 0 radical (unpaired) electrons. The summed E-state index contributed by atoms with van der Waals surface area (Å²) >= 11 is 0. The Hall–Kier alpha value is -1.13. The fourth-order valence-electron chi connectivity index (χ4n) is 2.13. The third kappa shape index (κ3) is 12.8. The molecule has 1 N–H and O–H groups in total. The molecule has 0 saturated carbocycles. The van der Waals surface area contributed by atoms with Gasteiger partial charge in [0.15, 0.2) is 5.96 Å². The number of benzene rings is 1. The van der Waals surface area contributed by atoms with Gasteiger partial charge in [0.2, 0.25) is 0 Å². The summed E-state index contributed by atoms with van der Waals surface area (Å²) in [5, 5.41) is 3.24. The van der Waals surface area contributed by atoms with Gasteiger partial charge in [0.05, 0.1) is 26.4 Å². The number of hydrogen-bond acceptors (Lipinski definition) is 4. The zero-order chi connectivity index (χ0) is 19.0. The molecule has 0 bridgehead atoms. The second kappa shape index (κ2) is 17.0. The summed E-state index contributed by atoms with van der Waals surface area (Å²) in [6.45, 7) is 6.58. The van der Waals surface area contributed by atoms with Crippen LogP contribution >= 0.6 is 24.0 Å². The van der Waals surface area contributed by atoms with Crippen LogP contribution in [0, 0.1) is 5.82 Å². The predicted molar refractivity (Wildman–Crippen MR) is 118 cm³/mol. The summed E-state index contributed by atoms with van der Waals surface area (Å²) in [6, 6.07) is 6.00. The first kappa shape index (κ1) is 25.9. The molecule has 1 aromatic rings. The molecule has 0 saturated heterocycles. The number of rotatable bonds is 13. The van der Waals surface area contributed by atoms with Crippen molar-refractivity contribution in [1.82, 2.24) is 10.2 Å². The van der Waals surface area contributed by atoms with Gasteiger partial charge < -0.3 is 24.4 Å². The molecule has 0 unspecified atom stereocenters. The van der Waals surface area contributed by atoms with E-state index >= 15 is 0 Å². The van der Waals surface area contributed by atoms with E-state index in [-0.39, 0.29) is 29.8 Å². The van der Waals surface area contributed by atoms with Gasteiger partial charge in [0.1, 0.15) is 18.2 Å². The average Bonchev–Trinajstić information content (AvgIpc) is 2.65. The summed E-state index contributed by atoms with van der Waals surface area (Å²) in [4.78, 5) is 6.21. The van der Waals surface area contributed by atoms with Gasteiger partial charge >= 0.3 is 0 Å². The van der Waals surface area contributed by atoms with Crippen LogP contribution in [0.15, 0.2) is 29.3 Å². The third-order valence-corrected chi connectivity index (χ3v) is 3.63. The fourth-order valence-corrected chi connectivity index (χ4v) is 2.13. The van der Waals surface area contributed by atoms with Crippen LogP contribution in [0.2, 0.25) is 0 Å². The maximum atomic E-state index is 12.8. The Morgan fingerprint density at radius 1 is 1.07 bits per heavy atom. The topological polar surface area (TPSA) is 55.3 Å². The first-order chi connectivity index (χ1) is 12.7. The number of aliphatic imine (C=N–C) groups is 1. The van der Waals surface area contributed by atoms with Crippen LogP contribution in [-0.4, -0.2) is 71.1 Å². The molecule has 27 heavy (non-hydrogen) atoms. The van der Waals surface area contributed by atoms with E-state index in [1.165, 1.54) is 12.1 Å². The lowest BCUT2D eigenvalue weighted by molar-refractivity contribution is 0.0486. The standard InChI is InChI=1S/C19H32FN3O3.HI/c1-4-5-12-24-15-16-25-13-10-22-19(21-2)23(3)11-14-26-18-8-6-17(20)7-9-18;/h6-9H,4-5,10-16H2,1-3H3,(H,21,22);1H. The highest BCUT2D eigenvalue weighted by Gasteiger charge is 2.05. The molecule has 0 aromatic heterocycles. The number of nitrogens with zero attached hydrogens (tertiary/aromatic N) is 2. The van der Waals surface area contributed by atoms with Gasteiger partial charge in [-0.1, -0.05) is 13.3 Å². The maximum Gasteiger partial charge on any atom is 0.193 e. The Labute approximate surface area is 179 Å². The molecule has 1 aromatic carbocycles. The monoisotopic (exact) mass is 497 g/mol. The van der Waals surface area contributed by atoms with E-state index < -0.39 is 0 Å². The van der Waals surface area contributed by atoms with Crippen molar-refractivity contribution in [3.63, 3.8) is 0 Å². The molecule has 0 aliphatic rings. The highest BCUT2D eigenvalue weighted by Crippen LogP contribution is 2.10. The minimum Gasteiger partial charge on any atom is -0.492 e. The minimum absolute atomic E-state index is 0. The second-order valence-corrected chi connectivity index (χ2v) is 5.78. The largest absolute Gasteiger partial charge is 0.492 e. The molecule has 1 rings (SSSR count). The Bertz CT molecular complexity index is 503. The Kier molecular flexibility index (Phi) is 16.3. The predicted octanol–water partition coefficient (Wildman–Crippen LogP) is 3.16. The van der Waals surface area contributed by atoms with E-state index in [0.717, 1.165) is 25.4 Å². The van der Waals surface area contributed by atoms with Crippen molar-refractivity contribution in [1.29, 1.82) is 0 Å². The van der Waals surface area contributed by atoms with Crippen LogP contribution in [0.4, 0.5) is 4.39 Å². The molecule has 0 fully saturated rings. The van der Waals surface area contributed by atoms with Gasteiger partial charge in [-0.25, -0.2) is 4.39 Å². The smallest absolute Gasteiger partial charge is 0.193 e. The van der Waals surface area contributed by atoms with E-state index in [0.29, 0.717) is 45.3 Å². The van der Waals surface area contributed by atoms with Crippen molar-refractivity contribution < 1.29 is 18.6 Å². The van der Waals surface area contributed by atoms with Crippen LogP contribution < -0.4 is 10.1 Å². The average molecular weight is 497 g/mol. The minimum atomic E-state index is -0.270. The molecule has 0 amide bonds. The first-order valence-electron chi connectivity index (χ1n) is 9.13. The highest BCUT2D eigenvalue weighted by atomic mass is 127. The molecule has 6 nitrogen and oxygen atoms in total. The highest BCUT2D eigenvalue weighted by molar-refractivity contribution is 14.0. The van der Waals surface area contributed by atoms with E-state index in [4.69, 9.17) is 14.2 Å². The summed E-state index contributed by atoms with van der Waals surface area (Å²) in [5.74, 6) is 1.15. The summed E-state index contributed by atoms with van der Waals surface area (Å²) < 4.78 is 29.4. The number of guanidine groups is 1. The normalized spacial score (nSPS) is 11.0. The Morgan fingerprint density at radius 2 is 1.74 bits per heavy atom. The lowest BCUT2D eigenvalue weighted by atomic mass is 10.3. The molecule has 0 heterocycles. The van der Waals surface area contributed by atoms with Crippen LogP contribution in [-0.2, 0) is 9.47 Å². The molecule has 0 aliphatic heterocycles. The quantitative estimate of drug-likeness (QED) is 0.197. The maximum absolute atomic E-state index is 12.8. The van der Waals surface area contributed by atoms with Crippen molar-refractivity contribution in [2.75, 3.05) is 60.2 Å². The number of nitrogens with one attached hydrogen (secondary N) is 1. The van der Waals surface area contributed by atoms with Gasteiger partial charge in [-0.2, -0.15) is 0 Å². The van der Waals surface area contributed by atoms with Crippen molar-refractivity contribution in [3.05, 3.63) is 30.1 Å². The summed E-state index contributed by atoms with van der Waals surface area (Å²) in [5.41, 5.74) is 0. The van der Waals surface area contributed by atoms with Gasteiger partial charge in [0.25, 0.3) is 0 Å². The zero-order valence-electron chi connectivity index (χ0n) is 16.6. The first-order valence-corrected chi connectivity index (χ1v) is 9.13. The third-order valence-electron chi connectivity index (χ3n) is 3.63. The zero-order valence-corrected chi connectivity index (χ0v) is 18.9. The Balaban J connectivity index is 0.00000676. The number of ether oxygens (including phenoxy) is 3. The van der Waals surface area contributed by atoms with Crippen LogP contribution in [0.5, 0.6) is 5.75 Å². The van der Waals surface area contributed by atoms with Crippen LogP contribution in [0.1, 0.15) is 19.8 Å².